The zero-order chi connectivity index (χ0) is 13.8. The number of Topliss-reactive ketones (excluding diaryl/α,β-unsaturated/α-hetero) is 1. The van der Waals surface area contributed by atoms with Crippen molar-refractivity contribution in [3.63, 3.8) is 0 Å². The summed E-state index contributed by atoms with van der Waals surface area (Å²) in [5, 5.41) is 9.58. The van der Waals surface area contributed by atoms with Crippen LogP contribution in [0.3, 0.4) is 0 Å². The van der Waals surface area contributed by atoms with Gasteiger partial charge in [0, 0.05) is 10.6 Å². The van der Waals surface area contributed by atoms with Gasteiger partial charge in [0.1, 0.15) is 17.6 Å². The van der Waals surface area contributed by atoms with E-state index in [1.54, 1.807) is 42.5 Å². The molecule has 0 saturated heterocycles. The van der Waals surface area contributed by atoms with Gasteiger partial charge in [-0.1, -0.05) is 17.7 Å². The Hall–Kier alpha value is -2.31. The highest BCUT2D eigenvalue weighted by atomic mass is 35.5. The second-order valence-electron chi connectivity index (χ2n) is 3.94. The third-order valence-corrected chi connectivity index (χ3v) is 2.77. The van der Waals surface area contributed by atoms with Crippen molar-refractivity contribution >= 4 is 17.4 Å². The Kier molecular flexibility index (Phi) is 3.84. The molecule has 0 bridgehead atoms. The molecule has 2 rings (SSSR count). The van der Waals surface area contributed by atoms with Gasteiger partial charge < -0.3 is 4.74 Å². The van der Waals surface area contributed by atoms with Gasteiger partial charge in [-0.25, -0.2) is 0 Å². The summed E-state index contributed by atoms with van der Waals surface area (Å²) in [4.78, 5) is 11.3. The maximum atomic E-state index is 11.3. The third-order valence-electron chi connectivity index (χ3n) is 2.53. The lowest BCUT2D eigenvalue weighted by molar-refractivity contribution is 0.101. The van der Waals surface area contributed by atoms with Gasteiger partial charge in [-0.15, -0.1) is 0 Å². The van der Waals surface area contributed by atoms with Gasteiger partial charge in [-0.05, 0) is 43.3 Å². The Morgan fingerprint density at radius 3 is 2.68 bits per heavy atom. The number of rotatable bonds is 3. The van der Waals surface area contributed by atoms with Crippen LogP contribution in [0.4, 0.5) is 0 Å². The van der Waals surface area contributed by atoms with Crippen LogP contribution in [0.2, 0.25) is 5.02 Å². The minimum Gasteiger partial charge on any atom is -0.456 e. The fraction of sp³-hybridized carbons (Fsp3) is 0.0667. The van der Waals surface area contributed by atoms with Crippen molar-refractivity contribution in [1.29, 1.82) is 5.26 Å². The molecule has 94 valence electrons. The van der Waals surface area contributed by atoms with Crippen LogP contribution in [0.15, 0.2) is 42.5 Å². The van der Waals surface area contributed by atoms with E-state index in [4.69, 9.17) is 21.6 Å². The van der Waals surface area contributed by atoms with Crippen molar-refractivity contribution in [3.8, 4) is 17.6 Å². The highest BCUT2D eigenvalue weighted by Crippen LogP contribution is 2.28. The molecule has 0 aliphatic carbocycles. The maximum Gasteiger partial charge on any atom is 0.159 e. The third kappa shape index (κ3) is 3.12. The highest BCUT2D eigenvalue weighted by molar-refractivity contribution is 6.30. The molecule has 0 aliphatic heterocycles. The van der Waals surface area contributed by atoms with Crippen molar-refractivity contribution in [2.75, 3.05) is 0 Å². The van der Waals surface area contributed by atoms with Crippen LogP contribution in [0, 0.1) is 11.3 Å². The average Bonchev–Trinajstić information content (AvgIpc) is 2.38. The summed E-state index contributed by atoms with van der Waals surface area (Å²) in [5.41, 5.74) is 0.862. The first-order valence-corrected chi connectivity index (χ1v) is 5.96. The van der Waals surface area contributed by atoms with Crippen LogP contribution in [0.5, 0.6) is 11.5 Å². The molecule has 0 saturated carbocycles. The second kappa shape index (κ2) is 5.55. The summed E-state index contributed by atoms with van der Waals surface area (Å²) in [6, 6.07) is 13.6. The number of carbonyl (C=O) groups is 1. The van der Waals surface area contributed by atoms with Crippen molar-refractivity contribution in [2.45, 2.75) is 6.92 Å². The van der Waals surface area contributed by atoms with E-state index in [1.807, 2.05) is 6.07 Å². The standard InChI is InChI=1S/C15H10ClNO2/c1-10(18)11-5-6-12(9-17)15(7-11)19-14-4-2-3-13(16)8-14/h2-8H,1H3. The van der Waals surface area contributed by atoms with E-state index in [1.165, 1.54) is 6.92 Å². The second-order valence-corrected chi connectivity index (χ2v) is 4.37. The first kappa shape index (κ1) is 13.1. The summed E-state index contributed by atoms with van der Waals surface area (Å²) in [6.45, 7) is 1.46. The number of hydrogen-bond donors (Lipinski definition) is 0. The van der Waals surface area contributed by atoms with Gasteiger partial charge in [-0.3, -0.25) is 4.79 Å². The molecule has 2 aromatic rings. The number of ketones is 1. The predicted octanol–water partition coefficient (Wildman–Crippen LogP) is 4.21. The topological polar surface area (TPSA) is 50.1 Å². The molecule has 0 spiro atoms. The van der Waals surface area contributed by atoms with E-state index in [-0.39, 0.29) is 5.78 Å². The van der Waals surface area contributed by atoms with E-state index in [2.05, 4.69) is 0 Å². The summed E-state index contributed by atoms with van der Waals surface area (Å²) >= 11 is 5.87. The number of halogens is 1. The van der Waals surface area contributed by atoms with E-state index in [0.29, 0.717) is 27.6 Å². The summed E-state index contributed by atoms with van der Waals surface area (Å²) in [7, 11) is 0. The maximum absolute atomic E-state index is 11.3. The molecule has 0 radical (unpaired) electrons. The highest BCUT2D eigenvalue weighted by Gasteiger charge is 2.09. The minimum atomic E-state index is -0.0829. The molecule has 19 heavy (non-hydrogen) atoms. The largest absolute Gasteiger partial charge is 0.456 e. The number of hydrogen-bond acceptors (Lipinski definition) is 3. The summed E-state index contributed by atoms with van der Waals surface area (Å²) in [6.07, 6.45) is 0. The lowest BCUT2D eigenvalue weighted by Gasteiger charge is -2.08. The Bertz CT molecular complexity index is 674. The molecule has 0 atom stereocenters. The molecule has 0 fully saturated rings. The number of benzene rings is 2. The number of nitriles is 1. The number of nitrogens with zero attached hydrogens (tertiary/aromatic N) is 1. The fourth-order valence-corrected chi connectivity index (χ4v) is 1.76. The predicted molar refractivity (Wildman–Crippen MR) is 72.7 cm³/mol. The van der Waals surface area contributed by atoms with Crippen LogP contribution in [0.1, 0.15) is 22.8 Å². The Morgan fingerprint density at radius 1 is 1.26 bits per heavy atom. The van der Waals surface area contributed by atoms with E-state index in [0.717, 1.165) is 0 Å². The summed E-state index contributed by atoms with van der Waals surface area (Å²) in [5.74, 6) is 0.780. The molecular weight excluding hydrogens is 262 g/mol. The van der Waals surface area contributed by atoms with Crippen molar-refractivity contribution in [1.82, 2.24) is 0 Å². The van der Waals surface area contributed by atoms with Crippen LogP contribution >= 0.6 is 11.6 Å². The zero-order valence-electron chi connectivity index (χ0n) is 10.2. The van der Waals surface area contributed by atoms with Gasteiger partial charge in [0.05, 0.1) is 5.56 Å². The van der Waals surface area contributed by atoms with Crippen molar-refractivity contribution < 1.29 is 9.53 Å². The lowest BCUT2D eigenvalue weighted by atomic mass is 10.1. The molecular formula is C15H10ClNO2. The normalized spacial score (nSPS) is 9.74. The molecule has 4 heteroatoms. The van der Waals surface area contributed by atoms with Crippen molar-refractivity contribution in [2.24, 2.45) is 0 Å². The quantitative estimate of drug-likeness (QED) is 0.786. The van der Waals surface area contributed by atoms with Crippen LogP contribution in [0.25, 0.3) is 0 Å². The number of ether oxygens (including phenoxy) is 1. The fourth-order valence-electron chi connectivity index (χ4n) is 1.58. The van der Waals surface area contributed by atoms with Crippen LogP contribution in [-0.2, 0) is 0 Å². The molecule has 0 heterocycles. The molecule has 0 N–H and O–H groups in total. The average molecular weight is 272 g/mol. The van der Waals surface area contributed by atoms with Crippen LogP contribution < -0.4 is 4.74 Å². The minimum absolute atomic E-state index is 0.0829. The smallest absolute Gasteiger partial charge is 0.159 e. The van der Waals surface area contributed by atoms with E-state index in [9.17, 15) is 4.79 Å². The van der Waals surface area contributed by atoms with Crippen molar-refractivity contribution in [3.05, 3.63) is 58.6 Å². The van der Waals surface area contributed by atoms with Gasteiger partial charge in [0.2, 0.25) is 0 Å². The van der Waals surface area contributed by atoms with Gasteiger partial charge >= 0.3 is 0 Å². The molecule has 2 aromatic carbocycles. The Morgan fingerprint density at radius 2 is 2.05 bits per heavy atom. The molecule has 0 amide bonds. The molecule has 3 nitrogen and oxygen atoms in total. The van der Waals surface area contributed by atoms with Gasteiger partial charge in [0.25, 0.3) is 0 Å². The van der Waals surface area contributed by atoms with Gasteiger partial charge in [-0.2, -0.15) is 5.26 Å². The lowest BCUT2D eigenvalue weighted by Crippen LogP contribution is -1.95. The van der Waals surface area contributed by atoms with Crippen LogP contribution in [-0.4, -0.2) is 5.78 Å². The first-order valence-electron chi connectivity index (χ1n) is 5.58. The monoisotopic (exact) mass is 271 g/mol. The first-order chi connectivity index (χ1) is 9.10. The SMILES string of the molecule is CC(=O)c1ccc(C#N)c(Oc2cccc(Cl)c2)c1. The van der Waals surface area contributed by atoms with E-state index >= 15 is 0 Å². The molecule has 0 aliphatic rings. The Balaban J connectivity index is 2.40. The Labute approximate surface area is 116 Å². The van der Waals surface area contributed by atoms with E-state index < -0.39 is 0 Å². The van der Waals surface area contributed by atoms with Gasteiger partial charge in [0.15, 0.2) is 5.78 Å². The molecule has 0 aromatic heterocycles. The summed E-state index contributed by atoms with van der Waals surface area (Å²) < 4.78 is 5.61. The zero-order valence-corrected chi connectivity index (χ0v) is 10.9. The number of carbonyl (C=O) groups excluding carboxylic acids is 1. The molecule has 0 unspecified atom stereocenters.